The second kappa shape index (κ2) is 48.9. The maximum absolute atomic E-state index is 13.3. The maximum Gasteiger partial charge on any atom is 0.410 e. The van der Waals surface area contributed by atoms with Gasteiger partial charge in [0, 0.05) is 235 Å². The number of piperazine rings is 4. The van der Waals surface area contributed by atoms with Crippen molar-refractivity contribution in [1.82, 2.24) is 89.0 Å². The normalized spacial score (nSPS) is 14.9. The molecule has 3 atom stereocenters. The number of fused-ring (bicyclic) bond motifs is 3. The summed E-state index contributed by atoms with van der Waals surface area (Å²) >= 11 is 10.1. The summed E-state index contributed by atoms with van der Waals surface area (Å²) in [7, 11) is 9.79. The highest BCUT2D eigenvalue weighted by Crippen LogP contribution is 2.35. The highest BCUT2D eigenvalue weighted by Gasteiger charge is 2.30. The van der Waals surface area contributed by atoms with E-state index < -0.39 is 5.60 Å². The third kappa shape index (κ3) is 27.8. The lowest BCUT2D eigenvalue weighted by Gasteiger charge is -2.36. The molecule has 18 rings (SSSR count). The lowest BCUT2D eigenvalue weighted by atomic mass is 9.89. The number of hydrogen-bond acceptors (Lipinski definition) is 23. The highest BCUT2D eigenvalue weighted by atomic mass is 127. The molecule has 704 valence electrons. The zero-order valence-electron chi connectivity index (χ0n) is 78.3. The molecule has 14 aromatic rings. The van der Waals surface area contributed by atoms with Crippen molar-refractivity contribution in [3.05, 3.63) is 210 Å². The Hall–Kier alpha value is -10.5. The van der Waals surface area contributed by atoms with Crippen molar-refractivity contribution in [2.75, 3.05) is 134 Å². The van der Waals surface area contributed by atoms with E-state index in [4.69, 9.17) is 4.74 Å². The molecular weight excluding hydrogens is 1900 g/mol. The Morgan fingerprint density at radius 3 is 1.04 bits per heavy atom. The molecule has 0 aliphatic carbocycles. The Kier molecular flexibility index (Phi) is 36.7. The average molecular weight is 2030 g/mol. The number of carbonyl (C=O) groups is 4. The number of thiazole rings is 3. The Labute approximate surface area is 809 Å². The topological polar surface area (TPSA) is 287 Å². The van der Waals surface area contributed by atoms with E-state index in [1.54, 1.807) is 58.6 Å². The van der Waals surface area contributed by atoms with Crippen LogP contribution >= 0.6 is 72.5 Å². The van der Waals surface area contributed by atoms with Gasteiger partial charge in [-0.05, 0) is 157 Å². The summed E-state index contributed by atoms with van der Waals surface area (Å²) in [5, 5.41) is 29.9. The van der Waals surface area contributed by atoms with Crippen LogP contribution in [0.3, 0.4) is 0 Å². The van der Waals surface area contributed by atoms with E-state index in [1.165, 1.54) is 66.6 Å². The van der Waals surface area contributed by atoms with Gasteiger partial charge in [0.05, 0.1) is 67.9 Å². The van der Waals surface area contributed by atoms with E-state index in [1.807, 2.05) is 116 Å². The largest absolute Gasteiger partial charge is 0.444 e. The number of anilines is 6. The predicted molar refractivity (Wildman–Crippen MR) is 549 cm³/mol. The van der Waals surface area contributed by atoms with Crippen LogP contribution in [0.25, 0.3) is 32.7 Å². The molecule has 132 heavy (non-hydrogen) atoms. The van der Waals surface area contributed by atoms with Gasteiger partial charge in [0.2, 0.25) is 0 Å². The molecule has 3 aromatic carbocycles. The minimum atomic E-state index is -0.434. The van der Waals surface area contributed by atoms with Gasteiger partial charge in [0.25, 0.3) is 0 Å². The number of nitrogens with zero attached hydrogens (tertiary/aromatic N) is 20. The van der Waals surface area contributed by atoms with Crippen LogP contribution < -0.4 is 34.7 Å². The number of H-pyrrole nitrogens is 3. The zero-order valence-corrected chi connectivity index (χ0v) is 84.5. The van der Waals surface area contributed by atoms with Gasteiger partial charge in [-0.2, -0.15) is 25.5 Å². The molecule has 4 fully saturated rings. The maximum atomic E-state index is 13.3. The summed E-state index contributed by atoms with van der Waals surface area (Å²) in [4.78, 5) is 92.5. The number of aromatic nitrogens is 16. The summed E-state index contributed by atoms with van der Waals surface area (Å²) in [6.45, 7) is 26.8. The molecule has 0 bridgehead atoms. The summed E-state index contributed by atoms with van der Waals surface area (Å²) < 4.78 is 16.7. The average Bonchev–Trinajstić information content (AvgIpc) is 1.73. The fourth-order valence-corrected chi connectivity index (χ4v) is 20.7. The van der Waals surface area contributed by atoms with Gasteiger partial charge in [0.1, 0.15) is 28.9 Å². The smallest absolute Gasteiger partial charge is 0.410 e. The van der Waals surface area contributed by atoms with Crippen molar-refractivity contribution in [3.63, 3.8) is 0 Å². The molecule has 1 amide bonds. The van der Waals surface area contributed by atoms with Crippen LogP contribution in [0.1, 0.15) is 164 Å². The van der Waals surface area contributed by atoms with E-state index in [-0.39, 0.29) is 23.4 Å². The number of aryl methyl sites for hydroxylation is 5. The van der Waals surface area contributed by atoms with Crippen molar-refractivity contribution in [1.29, 1.82) is 0 Å². The fourth-order valence-electron chi connectivity index (χ4n) is 17.4. The van der Waals surface area contributed by atoms with Gasteiger partial charge >= 0.3 is 6.09 Å². The van der Waals surface area contributed by atoms with Crippen LogP contribution in [-0.4, -0.2) is 217 Å². The first-order valence-corrected chi connectivity index (χ1v) is 50.8. The molecule has 34 heteroatoms. The van der Waals surface area contributed by atoms with Crippen molar-refractivity contribution in [2.45, 2.75) is 143 Å². The van der Waals surface area contributed by atoms with Gasteiger partial charge in [0.15, 0.2) is 31.5 Å². The quantitative estimate of drug-likeness (QED) is 0.0240. The first kappa shape index (κ1) is 99.0. The van der Waals surface area contributed by atoms with Crippen LogP contribution in [0.15, 0.2) is 175 Å². The van der Waals surface area contributed by atoms with E-state index in [0.717, 1.165) is 219 Å². The number of unbranched alkanes of at least 4 members (excludes halogenated alkanes) is 3. The number of hydrogen-bond donors (Lipinski definition) is 4. The third-order valence-corrected chi connectivity index (χ3v) is 29.3. The van der Waals surface area contributed by atoms with E-state index in [9.17, 15) is 19.2 Å². The number of amides is 1. The number of Topliss-reactive ketones (excluding diaryl/α,β-unsaturated/α-hetero) is 3. The number of ketones is 3. The Morgan fingerprint density at radius 2 is 0.735 bits per heavy atom. The molecule has 4 aliphatic heterocycles. The van der Waals surface area contributed by atoms with Gasteiger partial charge < -0.3 is 59.3 Å². The number of halogens is 2. The van der Waals surface area contributed by atoms with E-state index >= 15 is 0 Å². The molecule has 0 radical (unpaired) electrons. The van der Waals surface area contributed by atoms with Crippen molar-refractivity contribution < 1.29 is 23.9 Å². The monoisotopic (exact) mass is 2020 g/mol. The van der Waals surface area contributed by atoms with E-state index in [2.05, 4.69) is 253 Å². The van der Waals surface area contributed by atoms with Crippen molar-refractivity contribution in [3.8, 4) is 0 Å². The minimum Gasteiger partial charge on any atom is -0.444 e. The van der Waals surface area contributed by atoms with Crippen LogP contribution in [0.2, 0.25) is 0 Å². The Balaban J connectivity index is 0.000000143. The molecule has 4 aliphatic rings. The van der Waals surface area contributed by atoms with Crippen molar-refractivity contribution in [2.24, 2.45) is 53.0 Å². The molecule has 0 spiro atoms. The number of aromatic amines is 3. The lowest BCUT2D eigenvalue weighted by molar-refractivity contribution is 0.0239. The molecule has 15 heterocycles. The van der Waals surface area contributed by atoms with Crippen LogP contribution in [0.4, 0.5) is 38.3 Å². The number of ether oxygens (including phenoxy) is 1. The number of rotatable bonds is 30. The van der Waals surface area contributed by atoms with Gasteiger partial charge in [-0.1, -0.05) is 137 Å². The summed E-state index contributed by atoms with van der Waals surface area (Å²) in [6.07, 6.45) is 35.1. The molecule has 0 saturated carbocycles. The highest BCUT2D eigenvalue weighted by molar-refractivity contribution is 14.1. The number of carbonyl (C=O) groups excluding carboxylic acids is 4. The number of nitrogens with one attached hydrogen (secondary N) is 4. The molecule has 4 N–H and O–H groups in total. The lowest BCUT2D eigenvalue weighted by Crippen LogP contribution is -2.50. The SMILES string of the molecule is CCCCC(CC(=O)c1cnc(Br)s1)Cc1c[nH]c2ccccc12.CCCCC(CC(=O)c1cnc(N2CCN(c3ccnn3C)CC2)s1)Cc1c[nH]c2ccccc12.CCCCC(CC(=O)c1cnc(N2CCN(c3ccnn3C)CC2)s1)Cc1c[nH]c2ccccc12.Cn1nccc1I.Cn1nccc1N1CCN(C(=O)OC(C)(C)C)CC1.Cn1nccc1N1CCNCC1. The first-order valence-electron chi connectivity index (χ1n) is 46.5. The molecule has 29 nitrogen and oxygen atoms in total. The standard InChI is InChI=1S/2C27H34N6OS.C19H21BrN2OS.C13H22N4O2.C8H14N4.C4H5IN2/c2*1-3-4-7-20(16-21-18-28-23-9-6-5-8-22(21)23)17-24(34)25-19-29-27(35-25)33-14-12-32(13-15-33)26-10-11-30-31(26)2;1-2-3-6-13(10-17(23)18-12-22-19(20)24-18)9-14-11-21-16-8-5-4-7-15(14)16;1-13(2,3)19-12(18)17-9-7-16(8-10-17)11-5-6-14-15(11)4;1-11-8(2-3-10-11)12-6-4-9-5-7-12;1-7-4(5)2-3-6-7/h2*5-6,8-11,18-20,28H,3-4,7,12-17H2,1-2H3;4-5,7-8,11-13,21H,2-3,6,9-10H2,1H3;5-6H,7-10H2,1-4H3;2-3,9H,4-7H2,1H3;2-3H,1H3. The minimum absolute atomic E-state index is 0.208. The third-order valence-electron chi connectivity index (χ3n) is 24.5. The molecule has 4 saturated heterocycles. The Bertz CT molecular complexity index is 5680. The summed E-state index contributed by atoms with van der Waals surface area (Å²) in [6, 6.07) is 35.3. The molecule has 11 aromatic heterocycles. The van der Waals surface area contributed by atoms with E-state index in [0.29, 0.717) is 50.1 Å². The predicted octanol–water partition coefficient (Wildman–Crippen LogP) is 19.0. The second-order valence-electron chi connectivity index (χ2n) is 35.3. The van der Waals surface area contributed by atoms with Gasteiger partial charge in [-0.15, -0.1) is 11.3 Å². The van der Waals surface area contributed by atoms with Crippen LogP contribution in [0, 0.1) is 21.5 Å². The summed E-state index contributed by atoms with van der Waals surface area (Å²) in [5.74, 6) is 6.31. The number of para-hydroxylation sites is 3. The second-order valence-corrected chi connectivity index (χ2v) is 40.7. The zero-order chi connectivity index (χ0) is 93.0. The summed E-state index contributed by atoms with van der Waals surface area (Å²) in [5.41, 5.74) is 6.99. The Morgan fingerprint density at radius 1 is 0.417 bits per heavy atom. The molecule has 3 unspecified atom stereocenters. The fraction of sp³-hybridized carbons (Fsp3) is 0.469. The van der Waals surface area contributed by atoms with Crippen LogP contribution in [-0.2, 0) is 59.2 Å². The number of benzene rings is 3. The van der Waals surface area contributed by atoms with Crippen molar-refractivity contribution >= 4 is 162 Å². The van der Waals surface area contributed by atoms with Gasteiger partial charge in [-0.25, -0.2) is 19.7 Å². The first-order chi connectivity index (χ1) is 64.0. The molecular formula is C98H130BrIN24O5S3. The van der Waals surface area contributed by atoms with Crippen LogP contribution in [0.5, 0.6) is 0 Å². The van der Waals surface area contributed by atoms with Gasteiger partial charge in [-0.3, -0.25) is 37.8 Å².